The Balaban J connectivity index is 1.38. The van der Waals surface area contributed by atoms with Crippen LogP contribution < -0.4 is 10.3 Å². The summed E-state index contributed by atoms with van der Waals surface area (Å²) in [6.07, 6.45) is 5.82. The highest BCUT2D eigenvalue weighted by Crippen LogP contribution is 2.27. The van der Waals surface area contributed by atoms with E-state index in [-0.39, 0.29) is 0 Å². The van der Waals surface area contributed by atoms with Crippen molar-refractivity contribution >= 4 is 38.4 Å². The number of thiazole rings is 1. The molecule has 1 aliphatic heterocycles. The lowest BCUT2D eigenvalue weighted by atomic mass is 10.2. The Labute approximate surface area is 212 Å². The SMILES string of the molecule is CCN(CC)c1ccc(/C=N/Nc2nc(-c3ccc(S(=O)(=O)N4CCCCCC4)cc3)cs2)cc1. The van der Waals surface area contributed by atoms with Gasteiger partial charge in [0.05, 0.1) is 16.8 Å². The van der Waals surface area contributed by atoms with E-state index in [9.17, 15) is 8.42 Å². The summed E-state index contributed by atoms with van der Waals surface area (Å²) < 4.78 is 27.6. The maximum atomic E-state index is 13.0. The van der Waals surface area contributed by atoms with Crippen molar-refractivity contribution in [3.8, 4) is 11.3 Å². The van der Waals surface area contributed by atoms with Gasteiger partial charge in [-0.3, -0.25) is 5.43 Å². The monoisotopic (exact) mass is 511 g/mol. The Hall–Kier alpha value is -2.75. The third kappa shape index (κ3) is 6.28. The number of sulfonamides is 1. The smallest absolute Gasteiger partial charge is 0.243 e. The molecule has 0 unspecified atom stereocenters. The van der Waals surface area contributed by atoms with Crippen molar-refractivity contribution in [1.82, 2.24) is 9.29 Å². The molecule has 1 fully saturated rings. The number of aromatic nitrogens is 1. The second-order valence-electron chi connectivity index (χ2n) is 8.51. The maximum absolute atomic E-state index is 13.0. The van der Waals surface area contributed by atoms with Gasteiger partial charge in [-0.05, 0) is 56.5 Å². The van der Waals surface area contributed by atoms with Crippen molar-refractivity contribution in [2.45, 2.75) is 44.4 Å². The topological polar surface area (TPSA) is 77.9 Å². The second kappa shape index (κ2) is 11.8. The first-order valence-electron chi connectivity index (χ1n) is 12.2. The lowest BCUT2D eigenvalue weighted by Gasteiger charge is -2.20. The molecule has 1 N–H and O–H groups in total. The molecule has 2 aromatic carbocycles. The Morgan fingerprint density at radius 2 is 1.66 bits per heavy atom. The van der Waals surface area contributed by atoms with Gasteiger partial charge in [0.2, 0.25) is 15.2 Å². The standard InChI is InChI=1S/C26H33N5O2S2/c1-3-30(4-2)23-13-9-21(10-14-23)19-27-29-26-28-25(20-34-26)22-11-15-24(16-12-22)35(32,33)31-17-7-5-6-8-18-31/h9-16,19-20H,3-8,17-18H2,1-2H3,(H,28,29)/b27-19+. The summed E-state index contributed by atoms with van der Waals surface area (Å²) in [7, 11) is -3.45. The first-order valence-corrected chi connectivity index (χ1v) is 14.5. The molecule has 0 aliphatic carbocycles. The van der Waals surface area contributed by atoms with Gasteiger partial charge in [-0.2, -0.15) is 9.41 Å². The van der Waals surface area contributed by atoms with E-state index in [4.69, 9.17) is 0 Å². The molecule has 0 saturated carbocycles. The zero-order valence-corrected chi connectivity index (χ0v) is 22.0. The molecule has 4 rings (SSSR count). The number of benzene rings is 2. The van der Waals surface area contributed by atoms with Crippen LogP contribution in [0.15, 0.2) is 63.9 Å². The minimum Gasteiger partial charge on any atom is -0.372 e. The molecule has 0 spiro atoms. The summed E-state index contributed by atoms with van der Waals surface area (Å²) in [6, 6.07) is 15.3. The largest absolute Gasteiger partial charge is 0.372 e. The van der Waals surface area contributed by atoms with Crippen LogP contribution in [0.4, 0.5) is 10.8 Å². The normalized spacial score (nSPS) is 15.3. The molecule has 0 atom stereocenters. The molecule has 2 heterocycles. The minimum absolute atomic E-state index is 0.341. The van der Waals surface area contributed by atoms with Gasteiger partial charge in [-0.25, -0.2) is 13.4 Å². The lowest BCUT2D eigenvalue weighted by Crippen LogP contribution is -2.31. The highest BCUT2D eigenvalue weighted by atomic mass is 32.2. The van der Waals surface area contributed by atoms with E-state index >= 15 is 0 Å². The van der Waals surface area contributed by atoms with Gasteiger partial charge < -0.3 is 4.90 Å². The zero-order valence-electron chi connectivity index (χ0n) is 20.4. The predicted molar refractivity (Wildman–Crippen MR) is 146 cm³/mol. The molecule has 1 saturated heterocycles. The number of anilines is 2. The van der Waals surface area contributed by atoms with Crippen LogP contribution in [-0.4, -0.2) is 50.1 Å². The van der Waals surface area contributed by atoms with Gasteiger partial charge in [-0.1, -0.05) is 37.1 Å². The van der Waals surface area contributed by atoms with E-state index in [1.807, 2.05) is 29.6 Å². The van der Waals surface area contributed by atoms with Gasteiger partial charge in [0, 0.05) is 42.8 Å². The van der Waals surface area contributed by atoms with Gasteiger partial charge in [-0.15, -0.1) is 11.3 Å². The summed E-state index contributed by atoms with van der Waals surface area (Å²) >= 11 is 1.46. The molecule has 1 aromatic heterocycles. The van der Waals surface area contributed by atoms with Crippen LogP contribution >= 0.6 is 11.3 Å². The molecule has 9 heteroatoms. The zero-order chi connectivity index (χ0) is 24.7. The molecule has 0 amide bonds. The van der Waals surface area contributed by atoms with Crippen LogP contribution in [0.1, 0.15) is 45.1 Å². The van der Waals surface area contributed by atoms with Gasteiger partial charge in [0.1, 0.15) is 0 Å². The molecular weight excluding hydrogens is 478 g/mol. The van der Waals surface area contributed by atoms with E-state index in [0.717, 1.165) is 55.6 Å². The summed E-state index contributed by atoms with van der Waals surface area (Å²) in [5.74, 6) is 0. The molecule has 0 bridgehead atoms. The highest BCUT2D eigenvalue weighted by molar-refractivity contribution is 7.89. The summed E-state index contributed by atoms with van der Waals surface area (Å²) in [5, 5.41) is 6.93. The van der Waals surface area contributed by atoms with E-state index in [2.05, 4.69) is 46.4 Å². The van der Waals surface area contributed by atoms with Crippen molar-refractivity contribution in [2.75, 3.05) is 36.5 Å². The van der Waals surface area contributed by atoms with E-state index < -0.39 is 10.0 Å². The Kier molecular flexibility index (Phi) is 8.54. The van der Waals surface area contributed by atoms with Crippen LogP contribution in [0.5, 0.6) is 0 Å². The third-order valence-electron chi connectivity index (χ3n) is 6.25. The van der Waals surface area contributed by atoms with Crippen molar-refractivity contribution < 1.29 is 8.42 Å². The average Bonchev–Trinajstić information content (AvgIpc) is 3.17. The molecule has 7 nitrogen and oxygen atoms in total. The fourth-order valence-electron chi connectivity index (χ4n) is 4.21. The van der Waals surface area contributed by atoms with Gasteiger partial charge >= 0.3 is 0 Å². The number of nitrogens with zero attached hydrogens (tertiary/aromatic N) is 4. The van der Waals surface area contributed by atoms with Crippen molar-refractivity contribution in [1.29, 1.82) is 0 Å². The Bertz CT molecular complexity index is 1210. The first kappa shape index (κ1) is 25.3. The quantitative estimate of drug-likeness (QED) is 0.296. The molecule has 3 aromatic rings. The lowest BCUT2D eigenvalue weighted by molar-refractivity contribution is 0.424. The van der Waals surface area contributed by atoms with E-state index in [0.29, 0.717) is 23.1 Å². The minimum atomic E-state index is -3.45. The molecule has 35 heavy (non-hydrogen) atoms. The molecule has 0 radical (unpaired) electrons. The van der Waals surface area contributed by atoms with Crippen LogP contribution in [0.2, 0.25) is 0 Å². The van der Waals surface area contributed by atoms with Crippen LogP contribution in [0.25, 0.3) is 11.3 Å². The average molecular weight is 512 g/mol. The van der Waals surface area contributed by atoms with Gasteiger partial charge in [0.25, 0.3) is 0 Å². The maximum Gasteiger partial charge on any atom is 0.243 e. The fraction of sp³-hybridized carbons (Fsp3) is 0.385. The summed E-state index contributed by atoms with van der Waals surface area (Å²) in [5.41, 5.74) is 6.86. The number of hydrogen-bond donors (Lipinski definition) is 1. The van der Waals surface area contributed by atoms with Crippen molar-refractivity contribution in [3.63, 3.8) is 0 Å². The first-order chi connectivity index (χ1) is 17.0. The molecular formula is C26H33N5O2S2. The van der Waals surface area contributed by atoms with Crippen molar-refractivity contribution in [2.24, 2.45) is 5.10 Å². The highest BCUT2D eigenvalue weighted by Gasteiger charge is 2.25. The van der Waals surface area contributed by atoms with Crippen LogP contribution in [0, 0.1) is 0 Å². The van der Waals surface area contributed by atoms with E-state index in [1.54, 1.807) is 22.7 Å². The number of rotatable bonds is 9. The number of hydrazone groups is 1. The third-order valence-corrected chi connectivity index (χ3v) is 8.91. The van der Waals surface area contributed by atoms with E-state index in [1.165, 1.54) is 17.0 Å². The molecule has 186 valence electrons. The second-order valence-corrected chi connectivity index (χ2v) is 11.3. The summed E-state index contributed by atoms with van der Waals surface area (Å²) in [6.45, 7) is 7.47. The summed E-state index contributed by atoms with van der Waals surface area (Å²) in [4.78, 5) is 7.23. The Morgan fingerprint density at radius 3 is 2.29 bits per heavy atom. The predicted octanol–water partition coefficient (Wildman–Crippen LogP) is 5.67. The molecule has 1 aliphatic rings. The Morgan fingerprint density at radius 1 is 1.00 bits per heavy atom. The fourth-order valence-corrected chi connectivity index (χ4v) is 6.39. The number of hydrogen-bond acceptors (Lipinski definition) is 7. The van der Waals surface area contributed by atoms with Gasteiger partial charge in [0.15, 0.2) is 0 Å². The number of nitrogens with one attached hydrogen (secondary N) is 1. The van der Waals surface area contributed by atoms with Crippen molar-refractivity contribution in [3.05, 3.63) is 59.5 Å². The van der Waals surface area contributed by atoms with Crippen LogP contribution in [-0.2, 0) is 10.0 Å². The van der Waals surface area contributed by atoms with Crippen LogP contribution in [0.3, 0.4) is 0 Å².